The van der Waals surface area contributed by atoms with Crippen molar-refractivity contribution in [3.8, 4) is 6.07 Å². The van der Waals surface area contributed by atoms with Crippen LogP contribution < -0.4 is 5.32 Å². The lowest BCUT2D eigenvalue weighted by molar-refractivity contribution is -0.118. The van der Waals surface area contributed by atoms with Gasteiger partial charge in [0, 0.05) is 19.0 Å². The Morgan fingerprint density at radius 3 is 2.68 bits per heavy atom. The van der Waals surface area contributed by atoms with Gasteiger partial charge in [-0.3, -0.25) is 4.79 Å². The molecule has 1 atom stereocenters. The number of carbonyl (C=O) groups excluding carboxylic acids is 1. The third-order valence-electron chi connectivity index (χ3n) is 4.68. The van der Waals surface area contributed by atoms with Crippen LogP contribution in [0.1, 0.15) is 25.0 Å². The number of nitrogens with zero attached hydrogens (tertiary/aromatic N) is 3. The molecule has 22 heavy (non-hydrogen) atoms. The zero-order chi connectivity index (χ0) is 15.7. The molecule has 1 unspecified atom stereocenters. The monoisotopic (exact) mass is 300 g/mol. The molecule has 2 heterocycles. The largest absolute Gasteiger partial charge is 0.465 e. The minimum absolute atomic E-state index is 0.0317. The summed E-state index contributed by atoms with van der Waals surface area (Å²) in [5, 5.41) is 20.5. The number of anilines is 1. The maximum atomic E-state index is 12.3. The molecule has 1 aliphatic carbocycles. The second kappa shape index (κ2) is 5.30. The molecule has 114 valence electrons. The normalized spacial score (nSPS) is 22.0. The summed E-state index contributed by atoms with van der Waals surface area (Å²) in [5.74, 6) is -0.102. The third kappa shape index (κ3) is 2.60. The van der Waals surface area contributed by atoms with E-state index in [0.29, 0.717) is 24.5 Å². The van der Waals surface area contributed by atoms with Crippen LogP contribution >= 0.6 is 0 Å². The van der Waals surface area contributed by atoms with Crippen LogP contribution in [-0.2, 0) is 4.79 Å². The number of nitrogens with one attached hydrogen (secondary N) is 1. The predicted molar refractivity (Wildman–Crippen MR) is 77.0 cm³/mol. The van der Waals surface area contributed by atoms with Gasteiger partial charge in [0.2, 0.25) is 5.91 Å². The molecule has 1 aliphatic heterocycles. The molecule has 2 fully saturated rings. The number of rotatable bonds is 2. The summed E-state index contributed by atoms with van der Waals surface area (Å²) < 4.78 is 0. The molecule has 0 radical (unpaired) electrons. The summed E-state index contributed by atoms with van der Waals surface area (Å²) in [7, 11) is 0. The number of carbonyl (C=O) groups is 2. The zero-order valence-electron chi connectivity index (χ0n) is 12.0. The van der Waals surface area contributed by atoms with Gasteiger partial charge in [-0.05, 0) is 36.8 Å². The number of aromatic nitrogens is 1. The van der Waals surface area contributed by atoms with Gasteiger partial charge in [-0.15, -0.1) is 0 Å². The van der Waals surface area contributed by atoms with Crippen molar-refractivity contribution in [3.63, 3.8) is 0 Å². The minimum Gasteiger partial charge on any atom is -0.465 e. The molecule has 2 N–H and O–H groups in total. The highest BCUT2D eigenvalue weighted by Gasteiger charge is 2.58. The van der Waals surface area contributed by atoms with Crippen molar-refractivity contribution in [2.75, 3.05) is 18.4 Å². The van der Waals surface area contributed by atoms with Gasteiger partial charge in [0.1, 0.15) is 11.8 Å². The predicted octanol–water partition coefficient (Wildman–Crippen LogP) is 1.67. The summed E-state index contributed by atoms with van der Waals surface area (Å²) in [6, 6.07) is 5.14. The van der Waals surface area contributed by atoms with Gasteiger partial charge in [-0.25, -0.2) is 9.78 Å². The Bertz CT molecular complexity index is 642. The van der Waals surface area contributed by atoms with Crippen molar-refractivity contribution in [2.45, 2.75) is 19.3 Å². The lowest BCUT2D eigenvalue weighted by Crippen LogP contribution is -2.39. The Morgan fingerprint density at radius 2 is 2.14 bits per heavy atom. The molecule has 0 bridgehead atoms. The van der Waals surface area contributed by atoms with Crippen LogP contribution in [0.5, 0.6) is 0 Å². The first kappa shape index (κ1) is 14.3. The first-order valence-corrected chi connectivity index (χ1v) is 7.19. The molecular weight excluding hydrogens is 284 g/mol. The maximum absolute atomic E-state index is 12.3. The molecule has 0 aromatic carbocycles. The van der Waals surface area contributed by atoms with E-state index in [-0.39, 0.29) is 17.2 Å². The number of nitriles is 1. The minimum atomic E-state index is -0.889. The molecular formula is C15H16N4O3. The van der Waals surface area contributed by atoms with Gasteiger partial charge < -0.3 is 15.3 Å². The number of hydrogen-bond acceptors (Lipinski definition) is 4. The van der Waals surface area contributed by atoms with E-state index in [9.17, 15) is 9.59 Å². The standard InChI is InChI=1S/C15H16N4O3/c16-8-10-1-2-11(9-17-10)18-13(20)12-7-15(12)3-5-19(6-4-15)14(21)22/h1-2,9,12H,3-7H2,(H,18,20)(H,21,22). The summed E-state index contributed by atoms with van der Waals surface area (Å²) in [6.45, 7) is 0.995. The first-order chi connectivity index (χ1) is 10.5. The number of amides is 2. The maximum Gasteiger partial charge on any atom is 0.407 e. The average molecular weight is 300 g/mol. The molecule has 1 aromatic rings. The van der Waals surface area contributed by atoms with Crippen molar-refractivity contribution in [1.82, 2.24) is 9.88 Å². The Kier molecular flexibility index (Phi) is 3.45. The Morgan fingerprint density at radius 1 is 1.41 bits per heavy atom. The fraction of sp³-hybridized carbons (Fsp3) is 0.467. The smallest absolute Gasteiger partial charge is 0.407 e. The fourth-order valence-electron chi connectivity index (χ4n) is 3.18. The van der Waals surface area contributed by atoms with Crippen molar-refractivity contribution in [2.24, 2.45) is 11.3 Å². The Balaban J connectivity index is 1.57. The van der Waals surface area contributed by atoms with Crippen molar-refractivity contribution in [1.29, 1.82) is 5.26 Å². The summed E-state index contributed by atoms with van der Waals surface area (Å²) >= 11 is 0. The number of pyridine rings is 1. The molecule has 2 aliphatic rings. The van der Waals surface area contributed by atoms with Crippen LogP contribution in [-0.4, -0.2) is 40.1 Å². The van der Waals surface area contributed by atoms with E-state index in [2.05, 4.69) is 10.3 Å². The first-order valence-electron chi connectivity index (χ1n) is 7.19. The fourth-order valence-corrected chi connectivity index (χ4v) is 3.18. The van der Waals surface area contributed by atoms with Crippen LogP contribution in [0, 0.1) is 22.7 Å². The lowest BCUT2D eigenvalue weighted by atomic mass is 9.91. The van der Waals surface area contributed by atoms with E-state index < -0.39 is 6.09 Å². The van der Waals surface area contributed by atoms with Crippen LogP contribution in [0.25, 0.3) is 0 Å². The SMILES string of the molecule is N#Cc1ccc(NC(=O)C2CC23CCN(C(=O)O)CC3)cn1. The molecule has 1 saturated carbocycles. The molecule has 2 amide bonds. The molecule has 7 nitrogen and oxygen atoms in total. The molecule has 1 aromatic heterocycles. The van der Waals surface area contributed by atoms with E-state index in [1.165, 1.54) is 11.1 Å². The zero-order valence-corrected chi connectivity index (χ0v) is 12.0. The molecule has 1 spiro atoms. The van der Waals surface area contributed by atoms with Crippen molar-refractivity contribution in [3.05, 3.63) is 24.0 Å². The van der Waals surface area contributed by atoms with Crippen LogP contribution in [0.4, 0.5) is 10.5 Å². The van der Waals surface area contributed by atoms with Crippen LogP contribution in [0.3, 0.4) is 0 Å². The highest BCUT2D eigenvalue weighted by molar-refractivity contribution is 5.95. The third-order valence-corrected chi connectivity index (χ3v) is 4.68. The van der Waals surface area contributed by atoms with E-state index in [1.807, 2.05) is 6.07 Å². The highest BCUT2D eigenvalue weighted by atomic mass is 16.4. The van der Waals surface area contributed by atoms with Gasteiger partial charge in [0.15, 0.2) is 0 Å². The Labute approximate surface area is 127 Å². The van der Waals surface area contributed by atoms with Gasteiger partial charge in [-0.2, -0.15) is 5.26 Å². The topological polar surface area (TPSA) is 106 Å². The number of hydrogen-bond donors (Lipinski definition) is 2. The summed E-state index contributed by atoms with van der Waals surface area (Å²) in [5.41, 5.74) is 0.853. The van der Waals surface area contributed by atoms with Crippen LogP contribution in [0.2, 0.25) is 0 Å². The Hall–Kier alpha value is -2.62. The van der Waals surface area contributed by atoms with E-state index in [0.717, 1.165) is 19.3 Å². The number of piperidine rings is 1. The van der Waals surface area contributed by atoms with E-state index in [4.69, 9.17) is 10.4 Å². The van der Waals surface area contributed by atoms with Gasteiger partial charge in [-0.1, -0.05) is 0 Å². The van der Waals surface area contributed by atoms with Gasteiger partial charge in [0.25, 0.3) is 0 Å². The highest BCUT2D eigenvalue weighted by Crippen LogP contribution is 2.59. The second-order valence-corrected chi connectivity index (χ2v) is 5.92. The average Bonchev–Trinajstić information content (AvgIpc) is 3.22. The summed E-state index contributed by atoms with van der Waals surface area (Å²) in [4.78, 5) is 28.5. The molecule has 3 rings (SSSR count). The number of likely N-dealkylation sites (tertiary alicyclic amines) is 1. The van der Waals surface area contributed by atoms with E-state index in [1.54, 1.807) is 12.1 Å². The molecule has 1 saturated heterocycles. The quantitative estimate of drug-likeness (QED) is 0.864. The van der Waals surface area contributed by atoms with Crippen molar-refractivity contribution >= 4 is 17.7 Å². The van der Waals surface area contributed by atoms with Gasteiger partial charge >= 0.3 is 6.09 Å². The number of carboxylic acid groups (broad SMARTS) is 1. The second-order valence-electron chi connectivity index (χ2n) is 5.92. The molecule has 7 heteroatoms. The summed E-state index contributed by atoms with van der Waals surface area (Å²) in [6.07, 6.45) is 2.88. The lowest BCUT2D eigenvalue weighted by Gasteiger charge is -2.30. The van der Waals surface area contributed by atoms with Crippen LogP contribution in [0.15, 0.2) is 18.3 Å². The van der Waals surface area contributed by atoms with Gasteiger partial charge in [0.05, 0.1) is 11.9 Å². The van der Waals surface area contributed by atoms with Crippen molar-refractivity contribution < 1.29 is 14.7 Å². The van der Waals surface area contributed by atoms with E-state index >= 15 is 0 Å².